The second kappa shape index (κ2) is 3.71. The second-order valence-corrected chi connectivity index (χ2v) is 9.28. The molecule has 70 valence electrons. The molecule has 1 atom stereocenters. The van der Waals surface area contributed by atoms with Crippen LogP contribution in [0.4, 0.5) is 0 Å². The lowest BCUT2D eigenvalue weighted by Gasteiger charge is -2.23. The molecule has 0 saturated carbocycles. The van der Waals surface area contributed by atoms with Crippen LogP contribution < -0.4 is 0 Å². The fourth-order valence-electron chi connectivity index (χ4n) is 0.939. The fourth-order valence-corrected chi connectivity index (χ4v) is 2.47. The van der Waals surface area contributed by atoms with Crippen LogP contribution in [-0.2, 0) is 9.59 Å². The molecule has 0 aliphatic carbocycles. The zero-order valence-corrected chi connectivity index (χ0v) is 8.50. The molecule has 0 heterocycles. The third-order valence-corrected chi connectivity index (χ3v) is 4.26. The van der Waals surface area contributed by atoms with Gasteiger partial charge in [0.25, 0.3) is 0 Å². The molecule has 5 heteroatoms. The van der Waals surface area contributed by atoms with Gasteiger partial charge < -0.3 is 10.2 Å². The molecule has 0 aromatic carbocycles. The molecule has 1 unspecified atom stereocenters. The summed E-state index contributed by atoms with van der Waals surface area (Å²) in [6.45, 7) is 5.57. The first kappa shape index (κ1) is 11.2. The van der Waals surface area contributed by atoms with E-state index in [1.54, 1.807) is 0 Å². The lowest BCUT2D eigenvalue weighted by atomic mass is 10.3. The van der Waals surface area contributed by atoms with Crippen molar-refractivity contribution < 1.29 is 19.8 Å². The monoisotopic (exact) mass is 190 g/mol. The van der Waals surface area contributed by atoms with E-state index in [1.807, 2.05) is 19.6 Å². The van der Waals surface area contributed by atoms with Crippen LogP contribution in [0.3, 0.4) is 0 Å². The Labute approximate surface area is 72.2 Å². The smallest absolute Gasteiger partial charge is 0.304 e. The Hall–Kier alpha value is -0.843. The molecule has 0 aromatic rings. The van der Waals surface area contributed by atoms with Gasteiger partial charge in [0.15, 0.2) is 0 Å². The summed E-state index contributed by atoms with van der Waals surface area (Å²) < 4.78 is 0. The van der Waals surface area contributed by atoms with Crippen LogP contribution in [0.1, 0.15) is 6.42 Å². The minimum absolute atomic E-state index is 0.259. The van der Waals surface area contributed by atoms with Gasteiger partial charge in [0.1, 0.15) is 0 Å². The van der Waals surface area contributed by atoms with E-state index in [0.717, 1.165) is 0 Å². The quantitative estimate of drug-likeness (QED) is 0.654. The van der Waals surface area contributed by atoms with E-state index < -0.39 is 25.6 Å². The van der Waals surface area contributed by atoms with E-state index in [0.29, 0.717) is 0 Å². The minimum atomic E-state index is -1.89. The van der Waals surface area contributed by atoms with E-state index in [1.165, 1.54) is 0 Å². The van der Waals surface area contributed by atoms with Crippen LogP contribution in [0, 0.1) is 0 Å². The molecule has 0 saturated heterocycles. The Morgan fingerprint density at radius 1 is 1.25 bits per heavy atom. The molecular weight excluding hydrogens is 176 g/mol. The summed E-state index contributed by atoms with van der Waals surface area (Å²) >= 11 is 0. The van der Waals surface area contributed by atoms with Gasteiger partial charge in [0, 0.05) is 0 Å². The summed E-state index contributed by atoms with van der Waals surface area (Å²) in [6, 6.07) is 0. The highest BCUT2D eigenvalue weighted by molar-refractivity contribution is 6.80. The van der Waals surface area contributed by atoms with E-state index >= 15 is 0 Å². The Balaban J connectivity index is 4.46. The van der Waals surface area contributed by atoms with E-state index in [2.05, 4.69) is 0 Å². The van der Waals surface area contributed by atoms with Crippen molar-refractivity contribution in [2.75, 3.05) is 0 Å². The van der Waals surface area contributed by atoms with Gasteiger partial charge >= 0.3 is 11.9 Å². The van der Waals surface area contributed by atoms with Crippen LogP contribution >= 0.6 is 0 Å². The lowest BCUT2D eigenvalue weighted by Crippen LogP contribution is -2.35. The standard InChI is InChI=1S/C7H14O4Si/c1-12(2,3)5(7(10)11)4-6(8)9/h5H,4H2,1-3H3,(H,8,9)(H,10,11). The van der Waals surface area contributed by atoms with Crippen molar-refractivity contribution >= 4 is 20.0 Å². The van der Waals surface area contributed by atoms with Gasteiger partial charge in [0.05, 0.1) is 20.0 Å². The maximum atomic E-state index is 10.7. The van der Waals surface area contributed by atoms with Gasteiger partial charge in [-0.1, -0.05) is 19.6 Å². The Bertz CT molecular complexity index is 194. The number of carbonyl (C=O) groups is 2. The Kier molecular flexibility index (Phi) is 3.45. The number of carboxylic acids is 2. The molecular formula is C7H14O4Si. The topological polar surface area (TPSA) is 74.6 Å². The third kappa shape index (κ3) is 3.52. The molecule has 0 amide bonds. The number of rotatable bonds is 4. The lowest BCUT2D eigenvalue weighted by molar-refractivity contribution is -0.143. The van der Waals surface area contributed by atoms with Crippen molar-refractivity contribution in [3.63, 3.8) is 0 Å². The first-order valence-electron chi connectivity index (χ1n) is 3.69. The molecule has 0 fully saturated rings. The average Bonchev–Trinajstić information content (AvgIpc) is 1.79. The molecule has 0 aromatic heterocycles. The van der Waals surface area contributed by atoms with E-state index in [4.69, 9.17) is 10.2 Å². The SMILES string of the molecule is C[Si](C)(C)C(CC(=O)O)C(=O)O. The van der Waals surface area contributed by atoms with Crippen molar-refractivity contribution in [2.24, 2.45) is 0 Å². The van der Waals surface area contributed by atoms with Crippen LogP contribution in [0.25, 0.3) is 0 Å². The van der Waals surface area contributed by atoms with Crippen LogP contribution in [0.5, 0.6) is 0 Å². The number of hydrogen-bond donors (Lipinski definition) is 2. The first-order chi connectivity index (χ1) is 5.25. The van der Waals surface area contributed by atoms with Gasteiger partial charge in [-0.2, -0.15) is 0 Å². The third-order valence-electron chi connectivity index (χ3n) is 1.72. The fraction of sp³-hybridized carbons (Fsp3) is 0.714. The van der Waals surface area contributed by atoms with Gasteiger partial charge in [-0.05, 0) is 0 Å². The normalized spacial score (nSPS) is 13.9. The van der Waals surface area contributed by atoms with Crippen LogP contribution in [0.2, 0.25) is 25.2 Å². The summed E-state index contributed by atoms with van der Waals surface area (Å²) in [4.78, 5) is 21.0. The molecule has 0 radical (unpaired) electrons. The van der Waals surface area contributed by atoms with Crippen LogP contribution in [-0.4, -0.2) is 30.2 Å². The molecule has 0 aliphatic rings. The summed E-state index contributed by atoms with van der Waals surface area (Å²) in [6.07, 6.45) is -0.259. The highest BCUT2D eigenvalue weighted by atomic mass is 28.3. The van der Waals surface area contributed by atoms with E-state index in [-0.39, 0.29) is 6.42 Å². The summed E-state index contributed by atoms with van der Waals surface area (Å²) in [5.41, 5.74) is -0.685. The predicted molar refractivity (Wildman–Crippen MR) is 47.0 cm³/mol. The minimum Gasteiger partial charge on any atom is -0.481 e. The van der Waals surface area contributed by atoms with Crippen molar-refractivity contribution in [3.8, 4) is 0 Å². The summed E-state index contributed by atoms with van der Waals surface area (Å²) in [7, 11) is -1.89. The predicted octanol–water partition coefficient (Wildman–Crippen LogP) is 1.25. The average molecular weight is 190 g/mol. The first-order valence-corrected chi connectivity index (χ1v) is 7.27. The number of carboxylic acid groups (broad SMARTS) is 2. The van der Waals surface area contributed by atoms with Gasteiger partial charge in [0.2, 0.25) is 0 Å². The molecule has 0 rings (SSSR count). The van der Waals surface area contributed by atoms with Gasteiger partial charge in [-0.15, -0.1) is 0 Å². The largest absolute Gasteiger partial charge is 0.481 e. The zero-order chi connectivity index (χ0) is 9.94. The molecule has 12 heavy (non-hydrogen) atoms. The molecule has 0 spiro atoms. The summed E-state index contributed by atoms with van der Waals surface area (Å²) in [5.74, 6) is -2.03. The molecule has 2 N–H and O–H groups in total. The van der Waals surface area contributed by atoms with Crippen molar-refractivity contribution in [1.29, 1.82) is 0 Å². The number of hydrogen-bond acceptors (Lipinski definition) is 2. The van der Waals surface area contributed by atoms with Crippen LogP contribution in [0.15, 0.2) is 0 Å². The van der Waals surface area contributed by atoms with Crippen molar-refractivity contribution in [2.45, 2.75) is 31.6 Å². The highest BCUT2D eigenvalue weighted by Crippen LogP contribution is 2.25. The second-order valence-electron chi connectivity index (χ2n) is 3.85. The highest BCUT2D eigenvalue weighted by Gasteiger charge is 2.34. The molecule has 0 bridgehead atoms. The Morgan fingerprint density at radius 3 is 1.75 bits per heavy atom. The van der Waals surface area contributed by atoms with Crippen molar-refractivity contribution in [3.05, 3.63) is 0 Å². The molecule has 4 nitrogen and oxygen atoms in total. The molecule has 0 aliphatic heterocycles. The van der Waals surface area contributed by atoms with Gasteiger partial charge in [-0.3, -0.25) is 9.59 Å². The van der Waals surface area contributed by atoms with Gasteiger partial charge in [-0.25, -0.2) is 0 Å². The maximum Gasteiger partial charge on any atom is 0.304 e. The zero-order valence-electron chi connectivity index (χ0n) is 7.50. The van der Waals surface area contributed by atoms with E-state index in [9.17, 15) is 9.59 Å². The van der Waals surface area contributed by atoms with Crippen molar-refractivity contribution in [1.82, 2.24) is 0 Å². The maximum absolute atomic E-state index is 10.7. The summed E-state index contributed by atoms with van der Waals surface area (Å²) in [5, 5.41) is 17.2. The number of aliphatic carboxylic acids is 2. The Morgan fingerprint density at radius 2 is 1.67 bits per heavy atom.